The van der Waals surface area contributed by atoms with E-state index in [0.29, 0.717) is 23.5 Å². The van der Waals surface area contributed by atoms with Gasteiger partial charge in [0.1, 0.15) is 0 Å². The van der Waals surface area contributed by atoms with E-state index in [1.807, 2.05) is 11.8 Å². The fraction of sp³-hybridized carbons (Fsp3) is 0.500. The van der Waals surface area contributed by atoms with E-state index < -0.39 is 5.97 Å². The Morgan fingerprint density at radius 2 is 1.85 bits per heavy atom. The predicted octanol–water partition coefficient (Wildman–Crippen LogP) is 2.82. The van der Waals surface area contributed by atoms with E-state index in [4.69, 9.17) is 0 Å². The highest BCUT2D eigenvalue weighted by atomic mass is 16.4. The topological polar surface area (TPSA) is 57.6 Å². The summed E-state index contributed by atoms with van der Waals surface area (Å²) < 4.78 is 0. The van der Waals surface area contributed by atoms with Crippen LogP contribution in [0.25, 0.3) is 0 Å². The molecular formula is C16H21NO3. The first-order valence-corrected chi connectivity index (χ1v) is 7.19. The van der Waals surface area contributed by atoms with Crippen LogP contribution in [0.15, 0.2) is 18.2 Å². The average Bonchev–Trinajstić information content (AvgIpc) is 2.46. The van der Waals surface area contributed by atoms with E-state index in [1.165, 1.54) is 0 Å². The molecule has 20 heavy (non-hydrogen) atoms. The lowest BCUT2D eigenvalue weighted by molar-refractivity contribution is 0.0694. The first kappa shape index (κ1) is 14.6. The number of hydrogen-bond donors (Lipinski definition) is 1. The summed E-state index contributed by atoms with van der Waals surface area (Å²) in [5, 5.41) is 9.22. The molecule has 1 fully saturated rings. The number of carbonyl (C=O) groups is 2. The zero-order valence-electron chi connectivity index (χ0n) is 12.1. The number of carboxylic acids is 1. The molecule has 1 heterocycles. The van der Waals surface area contributed by atoms with Crippen molar-refractivity contribution < 1.29 is 14.7 Å². The molecule has 2 rings (SSSR count). The van der Waals surface area contributed by atoms with Crippen molar-refractivity contribution in [2.24, 2.45) is 5.92 Å². The molecule has 0 atom stereocenters. The molecule has 4 heteroatoms. The van der Waals surface area contributed by atoms with Crippen molar-refractivity contribution in [2.45, 2.75) is 33.1 Å². The van der Waals surface area contributed by atoms with E-state index in [0.717, 1.165) is 25.9 Å². The zero-order chi connectivity index (χ0) is 14.7. The third-order valence-corrected chi connectivity index (χ3v) is 4.06. The number of amides is 1. The van der Waals surface area contributed by atoms with Gasteiger partial charge in [-0.15, -0.1) is 0 Å². The highest BCUT2D eigenvalue weighted by Gasteiger charge is 2.24. The quantitative estimate of drug-likeness (QED) is 0.922. The van der Waals surface area contributed by atoms with Crippen molar-refractivity contribution in [2.75, 3.05) is 13.1 Å². The lowest BCUT2D eigenvalue weighted by atomic mass is 9.95. The number of benzene rings is 1. The highest BCUT2D eigenvalue weighted by molar-refractivity contribution is 6.00. The Morgan fingerprint density at radius 3 is 2.40 bits per heavy atom. The monoisotopic (exact) mass is 275 g/mol. The fourth-order valence-electron chi connectivity index (χ4n) is 2.75. The van der Waals surface area contributed by atoms with Crippen LogP contribution in [-0.4, -0.2) is 35.0 Å². The molecule has 1 aliphatic heterocycles. The molecule has 1 aliphatic rings. The van der Waals surface area contributed by atoms with Gasteiger partial charge < -0.3 is 10.0 Å². The molecule has 1 amide bonds. The van der Waals surface area contributed by atoms with E-state index in [1.54, 1.807) is 18.2 Å². The van der Waals surface area contributed by atoms with Crippen LogP contribution in [0, 0.1) is 5.92 Å². The van der Waals surface area contributed by atoms with Gasteiger partial charge in [0.05, 0.1) is 5.56 Å². The molecule has 1 saturated heterocycles. The van der Waals surface area contributed by atoms with Gasteiger partial charge in [-0.2, -0.15) is 0 Å². The Labute approximate surface area is 119 Å². The van der Waals surface area contributed by atoms with Crippen molar-refractivity contribution in [3.63, 3.8) is 0 Å². The van der Waals surface area contributed by atoms with Crippen LogP contribution in [0.4, 0.5) is 0 Å². The molecule has 0 radical (unpaired) electrons. The molecule has 0 bridgehead atoms. The minimum atomic E-state index is -0.969. The smallest absolute Gasteiger partial charge is 0.335 e. The molecule has 1 aromatic rings. The molecule has 4 nitrogen and oxygen atoms in total. The predicted molar refractivity (Wildman–Crippen MR) is 77.1 cm³/mol. The Hall–Kier alpha value is -1.84. The third kappa shape index (κ3) is 2.84. The summed E-state index contributed by atoms with van der Waals surface area (Å²) >= 11 is 0. The van der Waals surface area contributed by atoms with Crippen LogP contribution >= 0.6 is 0 Å². The summed E-state index contributed by atoms with van der Waals surface area (Å²) in [7, 11) is 0. The summed E-state index contributed by atoms with van der Waals surface area (Å²) in [6.07, 6.45) is 2.59. The molecule has 0 saturated carbocycles. The largest absolute Gasteiger partial charge is 0.478 e. The Morgan fingerprint density at radius 1 is 1.25 bits per heavy atom. The number of aromatic carboxylic acids is 1. The fourth-order valence-corrected chi connectivity index (χ4v) is 2.75. The van der Waals surface area contributed by atoms with E-state index in [9.17, 15) is 14.7 Å². The molecular weight excluding hydrogens is 254 g/mol. The zero-order valence-corrected chi connectivity index (χ0v) is 12.1. The Kier molecular flexibility index (Phi) is 4.42. The standard InChI is InChI=1S/C16H21NO3/c1-3-12-13(5-4-6-14(12)16(19)20)15(18)17-9-7-11(2)8-10-17/h4-6,11H,3,7-10H2,1-2H3,(H,19,20). The maximum Gasteiger partial charge on any atom is 0.335 e. The summed E-state index contributed by atoms with van der Waals surface area (Å²) in [4.78, 5) is 25.7. The van der Waals surface area contributed by atoms with Crippen LogP contribution in [0.3, 0.4) is 0 Å². The maximum atomic E-state index is 12.6. The van der Waals surface area contributed by atoms with Gasteiger partial charge in [0.15, 0.2) is 0 Å². The maximum absolute atomic E-state index is 12.6. The second-order valence-corrected chi connectivity index (χ2v) is 5.47. The number of carbonyl (C=O) groups excluding carboxylic acids is 1. The van der Waals surface area contributed by atoms with E-state index in [-0.39, 0.29) is 11.5 Å². The van der Waals surface area contributed by atoms with Gasteiger partial charge in [0.2, 0.25) is 0 Å². The molecule has 0 aromatic heterocycles. The normalized spacial score (nSPS) is 16.2. The summed E-state index contributed by atoms with van der Waals surface area (Å²) in [5.41, 5.74) is 1.43. The first-order chi connectivity index (χ1) is 9.54. The van der Waals surface area contributed by atoms with Crippen LogP contribution < -0.4 is 0 Å². The lowest BCUT2D eigenvalue weighted by Crippen LogP contribution is -2.38. The van der Waals surface area contributed by atoms with Gasteiger partial charge >= 0.3 is 5.97 Å². The molecule has 0 spiro atoms. The summed E-state index contributed by atoms with van der Waals surface area (Å²) in [6.45, 7) is 5.61. The van der Waals surface area contributed by atoms with Gasteiger partial charge in [-0.1, -0.05) is 19.9 Å². The minimum Gasteiger partial charge on any atom is -0.478 e. The Bertz CT molecular complexity index is 516. The molecule has 0 unspecified atom stereocenters. The molecule has 1 aromatic carbocycles. The summed E-state index contributed by atoms with van der Waals surface area (Å²) in [5.74, 6) is -0.337. The number of nitrogens with zero attached hydrogens (tertiary/aromatic N) is 1. The van der Waals surface area contributed by atoms with Crippen molar-refractivity contribution in [3.05, 3.63) is 34.9 Å². The summed E-state index contributed by atoms with van der Waals surface area (Å²) in [6, 6.07) is 4.96. The van der Waals surface area contributed by atoms with Crippen LogP contribution in [0.1, 0.15) is 53.0 Å². The van der Waals surface area contributed by atoms with Crippen LogP contribution in [0.5, 0.6) is 0 Å². The number of piperidine rings is 1. The molecule has 1 N–H and O–H groups in total. The van der Waals surface area contributed by atoms with Crippen molar-refractivity contribution in [1.82, 2.24) is 4.90 Å². The lowest BCUT2D eigenvalue weighted by Gasteiger charge is -2.31. The van der Waals surface area contributed by atoms with E-state index in [2.05, 4.69) is 6.92 Å². The number of carboxylic acid groups (broad SMARTS) is 1. The highest BCUT2D eigenvalue weighted by Crippen LogP contribution is 2.22. The van der Waals surface area contributed by atoms with Gasteiger partial charge in [0.25, 0.3) is 5.91 Å². The average molecular weight is 275 g/mol. The van der Waals surface area contributed by atoms with Crippen molar-refractivity contribution >= 4 is 11.9 Å². The van der Waals surface area contributed by atoms with Crippen molar-refractivity contribution in [1.29, 1.82) is 0 Å². The Balaban J connectivity index is 2.30. The van der Waals surface area contributed by atoms with Gasteiger partial charge in [0, 0.05) is 18.7 Å². The number of likely N-dealkylation sites (tertiary alicyclic amines) is 1. The van der Waals surface area contributed by atoms with Crippen LogP contribution in [0.2, 0.25) is 0 Å². The van der Waals surface area contributed by atoms with E-state index >= 15 is 0 Å². The SMILES string of the molecule is CCc1c(C(=O)O)cccc1C(=O)N1CCC(C)CC1. The van der Waals surface area contributed by atoms with Crippen LogP contribution in [-0.2, 0) is 6.42 Å². The molecule has 108 valence electrons. The first-order valence-electron chi connectivity index (χ1n) is 7.19. The van der Waals surface area contributed by atoms with Gasteiger partial charge in [-0.3, -0.25) is 4.79 Å². The van der Waals surface area contributed by atoms with Gasteiger partial charge in [-0.05, 0) is 42.9 Å². The third-order valence-electron chi connectivity index (χ3n) is 4.06. The van der Waals surface area contributed by atoms with Crippen molar-refractivity contribution in [3.8, 4) is 0 Å². The number of rotatable bonds is 3. The second kappa shape index (κ2) is 6.07. The van der Waals surface area contributed by atoms with Gasteiger partial charge in [-0.25, -0.2) is 4.79 Å². The minimum absolute atomic E-state index is 0.0307. The second-order valence-electron chi connectivity index (χ2n) is 5.47. The number of hydrogen-bond acceptors (Lipinski definition) is 2. The molecule has 0 aliphatic carbocycles.